The lowest BCUT2D eigenvalue weighted by Crippen LogP contribution is -2.47. The van der Waals surface area contributed by atoms with Crippen LogP contribution in [-0.2, 0) is 4.79 Å². The van der Waals surface area contributed by atoms with Gasteiger partial charge < -0.3 is 15.3 Å². The molecule has 19 heavy (non-hydrogen) atoms. The molecule has 1 fully saturated rings. The van der Waals surface area contributed by atoms with Crippen LogP contribution in [-0.4, -0.2) is 36.2 Å². The van der Waals surface area contributed by atoms with Gasteiger partial charge in [-0.15, -0.1) is 0 Å². The van der Waals surface area contributed by atoms with E-state index in [9.17, 15) is 9.90 Å². The van der Waals surface area contributed by atoms with E-state index in [0.29, 0.717) is 6.54 Å². The molecule has 1 aliphatic heterocycles. The highest BCUT2D eigenvalue weighted by Crippen LogP contribution is 2.23. The van der Waals surface area contributed by atoms with Crippen LogP contribution in [0.25, 0.3) is 0 Å². The van der Waals surface area contributed by atoms with Crippen molar-refractivity contribution in [1.82, 2.24) is 5.32 Å². The van der Waals surface area contributed by atoms with E-state index < -0.39 is 6.04 Å². The first-order valence-corrected chi connectivity index (χ1v) is 6.78. The molecule has 2 rings (SSSR count). The van der Waals surface area contributed by atoms with Crippen molar-refractivity contribution in [2.45, 2.75) is 39.3 Å². The predicted octanol–water partition coefficient (Wildman–Crippen LogP) is 1.38. The molecule has 1 saturated heterocycles. The highest BCUT2D eigenvalue weighted by atomic mass is 16.3. The maximum Gasteiger partial charge on any atom is 0.246 e. The largest absolute Gasteiger partial charge is 0.394 e. The zero-order valence-corrected chi connectivity index (χ0v) is 11.8. The third-order valence-corrected chi connectivity index (χ3v) is 3.66. The smallest absolute Gasteiger partial charge is 0.246 e. The standard InChI is InChI=1S/C15H22N2O2/c1-10-4-5-14(11(2)8-10)17-7-6-12(3)16-13(9-18)15(17)19/h4-5,8,12-13,16,18H,6-7,9H2,1-3H3. The molecule has 104 valence electrons. The van der Waals surface area contributed by atoms with Gasteiger partial charge in [0.15, 0.2) is 0 Å². The van der Waals surface area contributed by atoms with Crippen molar-refractivity contribution in [3.8, 4) is 0 Å². The van der Waals surface area contributed by atoms with Crippen molar-refractivity contribution in [3.05, 3.63) is 29.3 Å². The first-order chi connectivity index (χ1) is 9.02. The van der Waals surface area contributed by atoms with Crippen LogP contribution in [0.4, 0.5) is 5.69 Å². The highest BCUT2D eigenvalue weighted by Gasteiger charge is 2.30. The van der Waals surface area contributed by atoms with Crippen LogP contribution in [0, 0.1) is 13.8 Å². The van der Waals surface area contributed by atoms with Gasteiger partial charge in [0.25, 0.3) is 0 Å². The fourth-order valence-electron chi connectivity index (χ4n) is 2.60. The van der Waals surface area contributed by atoms with Crippen molar-refractivity contribution in [3.63, 3.8) is 0 Å². The molecule has 1 amide bonds. The molecule has 1 aromatic rings. The van der Waals surface area contributed by atoms with Gasteiger partial charge in [-0.2, -0.15) is 0 Å². The number of amides is 1. The lowest BCUT2D eigenvalue weighted by molar-refractivity contribution is -0.121. The Bertz CT molecular complexity index is 473. The topological polar surface area (TPSA) is 52.6 Å². The fourth-order valence-corrected chi connectivity index (χ4v) is 2.60. The third-order valence-electron chi connectivity index (χ3n) is 3.66. The summed E-state index contributed by atoms with van der Waals surface area (Å²) in [5.41, 5.74) is 3.23. The Kier molecular flexibility index (Phi) is 4.22. The molecule has 1 aliphatic rings. The molecule has 2 atom stereocenters. The Hall–Kier alpha value is -1.39. The molecule has 2 N–H and O–H groups in total. The number of nitrogens with one attached hydrogen (secondary N) is 1. The van der Waals surface area contributed by atoms with E-state index in [1.165, 1.54) is 5.56 Å². The summed E-state index contributed by atoms with van der Waals surface area (Å²) in [5, 5.41) is 12.5. The van der Waals surface area contributed by atoms with Crippen LogP contribution in [0.3, 0.4) is 0 Å². The predicted molar refractivity (Wildman–Crippen MR) is 76.4 cm³/mol. The van der Waals surface area contributed by atoms with Gasteiger partial charge in [-0.1, -0.05) is 17.7 Å². The molecule has 0 aromatic heterocycles. The van der Waals surface area contributed by atoms with Crippen molar-refractivity contribution >= 4 is 11.6 Å². The minimum atomic E-state index is -0.502. The Balaban J connectivity index is 2.33. The number of hydrogen-bond donors (Lipinski definition) is 2. The average Bonchev–Trinajstić information content (AvgIpc) is 2.50. The summed E-state index contributed by atoms with van der Waals surface area (Å²) in [6.45, 7) is 6.63. The maximum absolute atomic E-state index is 12.5. The first-order valence-electron chi connectivity index (χ1n) is 6.78. The molecule has 0 aliphatic carbocycles. The lowest BCUT2D eigenvalue weighted by atomic mass is 10.1. The van der Waals surface area contributed by atoms with Crippen LogP contribution >= 0.6 is 0 Å². The minimum Gasteiger partial charge on any atom is -0.394 e. The summed E-state index contributed by atoms with van der Waals surface area (Å²) in [4.78, 5) is 14.3. The van der Waals surface area contributed by atoms with Crippen molar-refractivity contribution in [2.75, 3.05) is 18.1 Å². The van der Waals surface area contributed by atoms with Crippen LogP contribution in [0.1, 0.15) is 24.5 Å². The average molecular weight is 262 g/mol. The van der Waals surface area contributed by atoms with E-state index in [1.807, 2.05) is 32.9 Å². The molecular formula is C15H22N2O2. The summed E-state index contributed by atoms with van der Waals surface area (Å²) in [7, 11) is 0. The summed E-state index contributed by atoms with van der Waals surface area (Å²) in [6, 6.07) is 5.83. The number of aryl methyl sites for hydroxylation is 2. The summed E-state index contributed by atoms with van der Waals surface area (Å²) >= 11 is 0. The summed E-state index contributed by atoms with van der Waals surface area (Å²) < 4.78 is 0. The van der Waals surface area contributed by atoms with Gasteiger partial charge in [0.2, 0.25) is 5.91 Å². The Morgan fingerprint density at radius 3 is 2.79 bits per heavy atom. The first kappa shape index (κ1) is 14.0. The number of carbonyl (C=O) groups excluding carboxylic acids is 1. The van der Waals surface area contributed by atoms with E-state index in [-0.39, 0.29) is 18.6 Å². The Morgan fingerprint density at radius 2 is 2.16 bits per heavy atom. The number of rotatable bonds is 2. The van der Waals surface area contributed by atoms with Crippen LogP contribution < -0.4 is 10.2 Å². The van der Waals surface area contributed by atoms with Gasteiger partial charge in [-0.25, -0.2) is 0 Å². The quantitative estimate of drug-likeness (QED) is 0.846. The highest BCUT2D eigenvalue weighted by molar-refractivity contribution is 5.98. The molecule has 0 bridgehead atoms. The monoisotopic (exact) mass is 262 g/mol. The van der Waals surface area contributed by atoms with Crippen LogP contribution in [0.5, 0.6) is 0 Å². The molecule has 0 spiro atoms. The zero-order chi connectivity index (χ0) is 14.0. The molecule has 0 saturated carbocycles. The number of aliphatic hydroxyl groups excluding tert-OH is 1. The van der Waals surface area contributed by atoms with E-state index in [4.69, 9.17) is 0 Å². The molecule has 1 heterocycles. The number of aliphatic hydroxyl groups is 1. The van der Waals surface area contributed by atoms with Gasteiger partial charge in [0.1, 0.15) is 6.04 Å². The number of benzene rings is 1. The van der Waals surface area contributed by atoms with Crippen molar-refractivity contribution < 1.29 is 9.90 Å². The normalized spacial score (nSPS) is 24.4. The summed E-state index contributed by atoms with van der Waals surface area (Å²) in [5.74, 6) is -0.0428. The zero-order valence-electron chi connectivity index (χ0n) is 11.8. The van der Waals surface area contributed by atoms with Gasteiger partial charge in [0, 0.05) is 18.3 Å². The fraction of sp³-hybridized carbons (Fsp3) is 0.533. The Labute approximate surface area is 114 Å². The number of hydrogen-bond acceptors (Lipinski definition) is 3. The molecule has 4 heteroatoms. The Morgan fingerprint density at radius 1 is 1.42 bits per heavy atom. The SMILES string of the molecule is Cc1ccc(N2CCC(C)NC(CO)C2=O)c(C)c1. The van der Waals surface area contributed by atoms with Crippen molar-refractivity contribution in [2.24, 2.45) is 0 Å². The number of anilines is 1. The second-order valence-corrected chi connectivity index (χ2v) is 5.37. The van der Waals surface area contributed by atoms with Gasteiger partial charge >= 0.3 is 0 Å². The lowest BCUT2D eigenvalue weighted by Gasteiger charge is -2.25. The second kappa shape index (κ2) is 5.72. The maximum atomic E-state index is 12.5. The molecular weight excluding hydrogens is 240 g/mol. The molecule has 1 aromatic carbocycles. The van der Waals surface area contributed by atoms with E-state index in [0.717, 1.165) is 17.7 Å². The van der Waals surface area contributed by atoms with Gasteiger partial charge in [-0.05, 0) is 38.8 Å². The van der Waals surface area contributed by atoms with Crippen LogP contribution in [0.2, 0.25) is 0 Å². The van der Waals surface area contributed by atoms with Gasteiger partial charge in [-0.3, -0.25) is 4.79 Å². The van der Waals surface area contributed by atoms with E-state index >= 15 is 0 Å². The number of carbonyl (C=O) groups is 1. The molecule has 4 nitrogen and oxygen atoms in total. The van der Waals surface area contributed by atoms with Crippen molar-refractivity contribution in [1.29, 1.82) is 0 Å². The van der Waals surface area contributed by atoms with E-state index in [2.05, 4.69) is 11.4 Å². The van der Waals surface area contributed by atoms with Crippen LogP contribution in [0.15, 0.2) is 18.2 Å². The molecule has 2 unspecified atom stereocenters. The second-order valence-electron chi connectivity index (χ2n) is 5.37. The number of nitrogens with zero attached hydrogens (tertiary/aromatic N) is 1. The van der Waals surface area contributed by atoms with Gasteiger partial charge in [0.05, 0.1) is 6.61 Å². The van der Waals surface area contributed by atoms with E-state index in [1.54, 1.807) is 4.90 Å². The third kappa shape index (κ3) is 2.96. The summed E-state index contributed by atoms with van der Waals surface area (Å²) in [6.07, 6.45) is 0.884. The minimum absolute atomic E-state index is 0.0428. The molecule has 0 radical (unpaired) electrons.